The molecule has 1 heterocycles. The van der Waals surface area contributed by atoms with Crippen LogP contribution in [0.1, 0.15) is 11.1 Å². The molecule has 164 valence electrons. The average Bonchev–Trinajstić information content (AvgIpc) is 2.62. The van der Waals surface area contributed by atoms with Gasteiger partial charge in [-0.3, -0.25) is 14.2 Å². The first-order valence-electron chi connectivity index (χ1n) is 8.19. The highest BCUT2D eigenvalue weighted by atomic mass is 35.5. The van der Waals surface area contributed by atoms with E-state index < -0.39 is 47.2 Å². The maximum absolute atomic E-state index is 12.9. The Hall–Kier alpha value is -2.79. The minimum atomic E-state index is -5.07. The van der Waals surface area contributed by atoms with E-state index in [1.54, 1.807) is 0 Å². The van der Waals surface area contributed by atoms with Crippen LogP contribution in [0.15, 0.2) is 41.5 Å². The fourth-order valence-corrected chi connectivity index (χ4v) is 3.23. The zero-order valence-corrected chi connectivity index (χ0v) is 16.4. The molecule has 3 rings (SSSR count). The smallest absolute Gasteiger partial charge is 0.325 e. The Balaban J connectivity index is 1.92. The molecule has 0 saturated carbocycles. The van der Waals surface area contributed by atoms with E-state index in [2.05, 4.69) is 4.98 Å². The monoisotopic (exact) mass is 483 g/mol. The van der Waals surface area contributed by atoms with E-state index in [4.69, 9.17) is 23.2 Å². The molecule has 0 spiro atoms. The number of carbonyl (C=O) groups excluding carboxylic acids is 1. The Bertz CT molecular complexity index is 1210. The van der Waals surface area contributed by atoms with Crippen molar-refractivity contribution in [3.05, 3.63) is 68.2 Å². The van der Waals surface area contributed by atoms with Crippen LogP contribution in [0.4, 0.5) is 32.0 Å². The minimum Gasteiger partial charge on any atom is -0.325 e. The summed E-state index contributed by atoms with van der Waals surface area (Å²) in [4.78, 5) is 28.7. The number of benzene rings is 2. The Kier molecular flexibility index (Phi) is 5.94. The number of fused-ring (bicyclic) bond motifs is 1. The highest BCUT2D eigenvalue weighted by Gasteiger charge is 2.37. The molecule has 2 aromatic carbocycles. The number of rotatable bonds is 3. The summed E-state index contributed by atoms with van der Waals surface area (Å²) in [6.45, 7) is -0.733. The number of alkyl halides is 6. The van der Waals surface area contributed by atoms with Gasteiger partial charge >= 0.3 is 12.4 Å². The second-order valence-electron chi connectivity index (χ2n) is 6.30. The van der Waals surface area contributed by atoms with Crippen LogP contribution in [0.25, 0.3) is 10.9 Å². The van der Waals surface area contributed by atoms with Crippen LogP contribution < -0.4 is 10.9 Å². The van der Waals surface area contributed by atoms with Crippen LogP contribution in [0.5, 0.6) is 0 Å². The molecule has 1 amide bonds. The summed E-state index contributed by atoms with van der Waals surface area (Å²) >= 11 is 11.8. The van der Waals surface area contributed by atoms with Crippen molar-refractivity contribution in [2.24, 2.45) is 0 Å². The molecule has 0 aliphatic carbocycles. The van der Waals surface area contributed by atoms with Gasteiger partial charge in [0.2, 0.25) is 5.91 Å². The standard InChI is InChI=1S/C18H9Cl2F6N3O2/c19-10-4-12-15(13(20)5-10)27-7-29(16(12)31)6-14(30)28-11-2-8(17(21,22)23)1-9(3-11)18(24,25)26/h1-5,7H,6H2,(H,28,30). The van der Waals surface area contributed by atoms with Crippen molar-refractivity contribution in [1.82, 2.24) is 9.55 Å². The van der Waals surface area contributed by atoms with Gasteiger partial charge in [-0.2, -0.15) is 26.3 Å². The molecule has 31 heavy (non-hydrogen) atoms. The van der Waals surface area contributed by atoms with Crippen molar-refractivity contribution < 1.29 is 31.1 Å². The number of hydrogen-bond donors (Lipinski definition) is 1. The topological polar surface area (TPSA) is 64.0 Å². The lowest BCUT2D eigenvalue weighted by molar-refractivity contribution is -0.143. The highest BCUT2D eigenvalue weighted by Crippen LogP contribution is 2.37. The normalized spacial score (nSPS) is 12.3. The van der Waals surface area contributed by atoms with Crippen LogP contribution in [0, 0.1) is 0 Å². The number of aromatic nitrogens is 2. The largest absolute Gasteiger partial charge is 0.416 e. The van der Waals surface area contributed by atoms with Crippen molar-refractivity contribution in [3.63, 3.8) is 0 Å². The first-order valence-corrected chi connectivity index (χ1v) is 8.95. The quantitative estimate of drug-likeness (QED) is 0.508. The zero-order valence-electron chi connectivity index (χ0n) is 14.9. The average molecular weight is 484 g/mol. The summed E-state index contributed by atoms with van der Waals surface area (Å²) in [5.41, 5.74) is -4.54. The van der Waals surface area contributed by atoms with Crippen molar-refractivity contribution >= 4 is 45.7 Å². The number of amides is 1. The van der Waals surface area contributed by atoms with Crippen LogP contribution in [-0.2, 0) is 23.7 Å². The lowest BCUT2D eigenvalue weighted by Crippen LogP contribution is -2.28. The summed E-state index contributed by atoms with van der Waals surface area (Å²) in [5.74, 6) is -1.05. The van der Waals surface area contributed by atoms with E-state index in [0.29, 0.717) is 12.1 Å². The lowest BCUT2D eigenvalue weighted by atomic mass is 10.1. The number of anilines is 1. The molecule has 0 bridgehead atoms. The number of carbonyl (C=O) groups is 1. The van der Waals surface area contributed by atoms with Crippen molar-refractivity contribution in [2.45, 2.75) is 18.9 Å². The molecule has 1 N–H and O–H groups in total. The zero-order chi connectivity index (χ0) is 23.1. The third-order valence-electron chi connectivity index (χ3n) is 4.03. The Morgan fingerprint density at radius 2 is 1.55 bits per heavy atom. The van der Waals surface area contributed by atoms with Gasteiger partial charge in [0.05, 0.1) is 33.4 Å². The fraction of sp³-hybridized carbons (Fsp3) is 0.167. The molecule has 1 aromatic heterocycles. The maximum Gasteiger partial charge on any atom is 0.416 e. The van der Waals surface area contributed by atoms with Gasteiger partial charge in [0.15, 0.2) is 0 Å². The summed E-state index contributed by atoms with van der Waals surface area (Å²) in [6, 6.07) is 3.25. The molecule has 13 heteroatoms. The van der Waals surface area contributed by atoms with Gasteiger partial charge in [-0.1, -0.05) is 23.2 Å². The third-order valence-corrected chi connectivity index (χ3v) is 4.54. The molecule has 0 unspecified atom stereocenters. The van der Waals surface area contributed by atoms with Crippen molar-refractivity contribution in [3.8, 4) is 0 Å². The lowest BCUT2D eigenvalue weighted by Gasteiger charge is -2.15. The number of halogens is 8. The molecule has 0 atom stereocenters. The van der Waals surface area contributed by atoms with E-state index in [-0.39, 0.29) is 27.0 Å². The predicted molar refractivity (Wildman–Crippen MR) is 101 cm³/mol. The number of nitrogens with one attached hydrogen (secondary N) is 1. The van der Waals surface area contributed by atoms with Crippen LogP contribution in [0.3, 0.4) is 0 Å². The van der Waals surface area contributed by atoms with E-state index >= 15 is 0 Å². The second-order valence-corrected chi connectivity index (χ2v) is 7.15. The fourth-order valence-electron chi connectivity index (χ4n) is 2.69. The number of nitrogens with zero attached hydrogens (tertiary/aromatic N) is 2. The molecule has 5 nitrogen and oxygen atoms in total. The summed E-state index contributed by atoms with van der Waals surface area (Å²) in [7, 11) is 0. The molecular formula is C18H9Cl2F6N3O2. The van der Waals surface area contributed by atoms with Gasteiger partial charge in [-0.05, 0) is 30.3 Å². The first kappa shape index (κ1) is 22.9. The van der Waals surface area contributed by atoms with Crippen molar-refractivity contribution in [1.29, 1.82) is 0 Å². The maximum atomic E-state index is 12.9. The van der Waals surface area contributed by atoms with Crippen molar-refractivity contribution in [2.75, 3.05) is 5.32 Å². The summed E-state index contributed by atoms with van der Waals surface area (Å²) < 4.78 is 78.4. The first-order chi connectivity index (χ1) is 14.3. The molecule has 0 aliphatic rings. The molecule has 0 aliphatic heterocycles. The Morgan fingerprint density at radius 1 is 0.968 bits per heavy atom. The Morgan fingerprint density at radius 3 is 2.10 bits per heavy atom. The second kappa shape index (κ2) is 8.04. The van der Waals surface area contributed by atoms with E-state index in [1.807, 2.05) is 5.32 Å². The van der Waals surface area contributed by atoms with Gasteiger partial charge in [0.25, 0.3) is 5.56 Å². The van der Waals surface area contributed by atoms with Gasteiger partial charge < -0.3 is 5.32 Å². The minimum absolute atomic E-state index is 0.0220. The van der Waals surface area contributed by atoms with E-state index in [0.717, 1.165) is 10.9 Å². The molecule has 0 saturated heterocycles. The van der Waals surface area contributed by atoms with Gasteiger partial charge in [0, 0.05) is 10.7 Å². The molecular weight excluding hydrogens is 475 g/mol. The molecule has 0 radical (unpaired) electrons. The van der Waals surface area contributed by atoms with Crippen LogP contribution in [0.2, 0.25) is 10.0 Å². The molecule has 3 aromatic rings. The van der Waals surface area contributed by atoms with E-state index in [9.17, 15) is 35.9 Å². The van der Waals surface area contributed by atoms with Crippen LogP contribution >= 0.6 is 23.2 Å². The highest BCUT2D eigenvalue weighted by molar-refractivity contribution is 6.38. The Labute approximate surface area is 179 Å². The third kappa shape index (κ3) is 5.10. The SMILES string of the molecule is O=C(Cn1cnc2c(Cl)cc(Cl)cc2c1=O)Nc1cc(C(F)(F)F)cc(C(F)(F)F)c1. The van der Waals surface area contributed by atoms with E-state index in [1.165, 1.54) is 12.1 Å². The summed E-state index contributed by atoms with van der Waals surface area (Å²) in [6.07, 6.45) is -9.17. The molecule has 0 fully saturated rings. The number of hydrogen-bond acceptors (Lipinski definition) is 3. The van der Waals surface area contributed by atoms with Gasteiger partial charge in [-0.25, -0.2) is 4.98 Å². The van der Waals surface area contributed by atoms with Crippen LogP contribution in [-0.4, -0.2) is 15.5 Å². The van der Waals surface area contributed by atoms with Gasteiger partial charge in [0.1, 0.15) is 6.54 Å². The van der Waals surface area contributed by atoms with Gasteiger partial charge in [-0.15, -0.1) is 0 Å². The summed E-state index contributed by atoms with van der Waals surface area (Å²) in [5, 5.41) is 2.12. The predicted octanol–water partition coefficient (Wildman–Crippen LogP) is 5.38.